The molecule has 0 atom stereocenters. The van der Waals surface area contributed by atoms with E-state index < -0.39 is 5.97 Å². The number of aromatic carboxylic acids is 1. The largest absolute Gasteiger partial charge is 0.477 e. The topological polar surface area (TPSA) is 93.0 Å². The van der Waals surface area contributed by atoms with Gasteiger partial charge in [-0.15, -0.1) is 0 Å². The first kappa shape index (κ1) is 21.5. The Morgan fingerprint density at radius 2 is 1.79 bits per heavy atom. The van der Waals surface area contributed by atoms with Gasteiger partial charge in [0.1, 0.15) is 0 Å². The quantitative estimate of drug-likeness (QED) is 0.597. The number of hydrogen-bond donors (Lipinski definition) is 1. The van der Waals surface area contributed by atoms with Crippen molar-refractivity contribution in [3.05, 3.63) is 47.8 Å². The summed E-state index contributed by atoms with van der Waals surface area (Å²) in [5.41, 5.74) is 3.53. The van der Waals surface area contributed by atoms with Crippen LogP contribution in [0.3, 0.4) is 0 Å². The van der Waals surface area contributed by atoms with E-state index in [0.29, 0.717) is 24.8 Å². The average Bonchev–Trinajstić information content (AvgIpc) is 3.47. The normalized spacial score (nSPS) is 20.2. The highest BCUT2D eigenvalue weighted by molar-refractivity contribution is 5.98. The van der Waals surface area contributed by atoms with Gasteiger partial charge in [0.05, 0.1) is 35.7 Å². The number of carboxylic acid groups (broad SMARTS) is 1. The third kappa shape index (κ3) is 3.93. The average molecular weight is 464 g/mol. The van der Waals surface area contributed by atoms with Gasteiger partial charge in [0.15, 0.2) is 17.6 Å². The summed E-state index contributed by atoms with van der Waals surface area (Å²) in [7, 11) is 0. The van der Waals surface area contributed by atoms with Gasteiger partial charge in [-0.25, -0.2) is 14.5 Å². The SMILES string of the molecule is O=C(O)c1cc(N2CCN(CC3OCCO3)CC2)c2c(C3CCC3)nn(-c3ccccc3)c2n1. The molecule has 2 aromatic heterocycles. The van der Waals surface area contributed by atoms with Crippen molar-refractivity contribution in [2.45, 2.75) is 31.5 Å². The van der Waals surface area contributed by atoms with Gasteiger partial charge in [-0.05, 0) is 31.0 Å². The number of pyridine rings is 1. The number of hydrogen-bond acceptors (Lipinski definition) is 7. The third-order valence-electron chi connectivity index (χ3n) is 7.17. The van der Waals surface area contributed by atoms with Crippen LogP contribution in [0.5, 0.6) is 0 Å². The number of rotatable bonds is 6. The molecule has 4 heterocycles. The van der Waals surface area contributed by atoms with Crippen LogP contribution in [0.1, 0.15) is 41.4 Å². The molecule has 3 fully saturated rings. The first-order valence-electron chi connectivity index (χ1n) is 12.1. The van der Waals surface area contributed by atoms with Gasteiger partial charge in [0.2, 0.25) is 0 Å². The van der Waals surface area contributed by atoms with Gasteiger partial charge in [0, 0.05) is 38.6 Å². The summed E-state index contributed by atoms with van der Waals surface area (Å²) in [6.07, 6.45) is 3.27. The Labute approximate surface area is 197 Å². The molecule has 3 aromatic rings. The molecule has 0 spiro atoms. The van der Waals surface area contributed by atoms with Crippen molar-refractivity contribution in [2.24, 2.45) is 0 Å². The zero-order valence-corrected chi connectivity index (χ0v) is 19.1. The third-order valence-corrected chi connectivity index (χ3v) is 7.17. The lowest BCUT2D eigenvalue weighted by molar-refractivity contribution is -0.0624. The second-order valence-electron chi connectivity index (χ2n) is 9.25. The summed E-state index contributed by atoms with van der Waals surface area (Å²) in [6.45, 7) is 5.40. The number of aromatic nitrogens is 3. The molecule has 6 rings (SSSR count). The molecule has 34 heavy (non-hydrogen) atoms. The summed E-state index contributed by atoms with van der Waals surface area (Å²) in [5.74, 6) is -0.634. The minimum Gasteiger partial charge on any atom is -0.477 e. The van der Waals surface area contributed by atoms with Crippen LogP contribution in [0, 0.1) is 0 Å². The van der Waals surface area contributed by atoms with Crippen LogP contribution < -0.4 is 4.90 Å². The molecule has 1 saturated carbocycles. The zero-order valence-electron chi connectivity index (χ0n) is 19.1. The monoisotopic (exact) mass is 463 g/mol. The molecule has 0 radical (unpaired) electrons. The highest BCUT2D eigenvalue weighted by atomic mass is 16.7. The van der Waals surface area contributed by atoms with E-state index >= 15 is 0 Å². The molecule has 0 amide bonds. The Morgan fingerprint density at radius 3 is 2.44 bits per heavy atom. The number of piperazine rings is 1. The lowest BCUT2D eigenvalue weighted by Gasteiger charge is -2.37. The summed E-state index contributed by atoms with van der Waals surface area (Å²) < 4.78 is 13.0. The molecule has 2 aliphatic heterocycles. The van der Waals surface area contributed by atoms with Crippen molar-refractivity contribution in [3.63, 3.8) is 0 Å². The van der Waals surface area contributed by atoms with E-state index in [0.717, 1.165) is 68.0 Å². The van der Waals surface area contributed by atoms with E-state index in [4.69, 9.17) is 14.6 Å². The Bertz CT molecular complexity index is 1180. The number of nitrogens with zero attached hydrogens (tertiary/aromatic N) is 5. The standard InChI is InChI=1S/C25H29N5O4/c31-25(32)19-15-20(29-11-9-28(10-12-29)16-21-33-13-14-34-21)22-23(17-5-4-6-17)27-30(24(22)26-19)18-7-2-1-3-8-18/h1-3,7-8,15,17,21H,4-6,9-14,16H2,(H,31,32). The number of para-hydroxylation sites is 1. The van der Waals surface area contributed by atoms with Gasteiger partial charge >= 0.3 is 5.97 Å². The lowest BCUT2D eigenvalue weighted by Crippen LogP contribution is -2.48. The van der Waals surface area contributed by atoms with E-state index in [9.17, 15) is 9.90 Å². The van der Waals surface area contributed by atoms with Crippen LogP contribution in [-0.4, -0.2) is 83.0 Å². The molecular formula is C25H29N5O4. The Hall–Kier alpha value is -3.01. The predicted octanol–water partition coefficient (Wildman–Crippen LogP) is 2.88. The van der Waals surface area contributed by atoms with Gasteiger partial charge in [0.25, 0.3) is 0 Å². The first-order valence-corrected chi connectivity index (χ1v) is 12.1. The molecule has 9 nitrogen and oxygen atoms in total. The highest BCUT2D eigenvalue weighted by Gasteiger charge is 2.31. The number of carboxylic acids is 1. The Morgan fingerprint density at radius 1 is 1.06 bits per heavy atom. The number of carbonyl (C=O) groups is 1. The fourth-order valence-corrected chi connectivity index (χ4v) is 5.09. The number of benzene rings is 1. The predicted molar refractivity (Wildman–Crippen MR) is 127 cm³/mol. The molecule has 1 aliphatic carbocycles. The minimum absolute atomic E-state index is 0.0509. The van der Waals surface area contributed by atoms with Gasteiger partial charge < -0.3 is 19.5 Å². The molecular weight excluding hydrogens is 434 g/mol. The second-order valence-corrected chi connectivity index (χ2v) is 9.25. The van der Waals surface area contributed by atoms with Crippen LogP contribution >= 0.6 is 0 Å². The van der Waals surface area contributed by atoms with E-state index in [1.165, 1.54) is 6.42 Å². The van der Waals surface area contributed by atoms with E-state index in [2.05, 4.69) is 14.8 Å². The van der Waals surface area contributed by atoms with Crippen molar-refractivity contribution in [2.75, 3.05) is 50.8 Å². The van der Waals surface area contributed by atoms with Crippen LogP contribution in [0.15, 0.2) is 36.4 Å². The van der Waals surface area contributed by atoms with E-state index in [1.54, 1.807) is 6.07 Å². The van der Waals surface area contributed by atoms with Crippen LogP contribution in [0.2, 0.25) is 0 Å². The Balaban J connectivity index is 1.39. The van der Waals surface area contributed by atoms with Gasteiger partial charge in [-0.3, -0.25) is 4.90 Å². The molecule has 178 valence electrons. The Kier molecular flexibility index (Phi) is 5.68. The highest BCUT2D eigenvalue weighted by Crippen LogP contribution is 2.42. The van der Waals surface area contributed by atoms with Crippen molar-refractivity contribution < 1.29 is 19.4 Å². The van der Waals surface area contributed by atoms with Crippen molar-refractivity contribution in [1.82, 2.24) is 19.7 Å². The molecule has 0 bridgehead atoms. The van der Waals surface area contributed by atoms with Gasteiger partial charge in [-0.2, -0.15) is 5.10 Å². The number of fused-ring (bicyclic) bond motifs is 1. The van der Waals surface area contributed by atoms with Crippen molar-refractivity contribution >= 4 is 22.7 Å². The molecule has 9 heteroatoms. The summed E-state index contributed by atoms with van der Waals surface area (Å²) >= 11 is 0. The lowest BCUT2D eigenvalue weighted by atomic mass is 9.82. The fraction of sp³-hybridized carbons (Fsp3) is 0.480. The maximum atomic E-state index is 12.0. The van der Waals surface area contributed by atoms with Crippen LogP contribution in [-0.2, 0) is 9.47 Å². The van der Waals surface area contributed by atoms with Crippen LogP contribution in [0.25, 0.3) is 16.7 Å². The zero-order chi connectivity index (χ0) is 23.1. The first-order chi connectivity index (χ1) is 16.7. The summed E-state index contributed by atoms with van der Waals surface area (Å²) in [5, 5.41) is 15.9. The summed E-state index contributed by atoms with van der Waals surface area (Å²) in [6, 6.07) is 11.6. The van der Waals surface area contributed by atoms with Crippen LogP contribution in [0.4, 0.5) is 5.69 Å². The van der Waals surface area contributed by atoms with E-state index in [-0.39, 0.29) is 12.0 Å². The fourth-order valence-electron chi connectivity index (χ4n) is 5.09. The molecule has 1 N–H and O–H groups in total. The smallest absolute Gasteiger partial charge is 0.354 e. The molecule has 2 saturated heterocycles. The number of ether oxygens (including phenoxy) is 2. The van der Waals surface area contributed by atoms with E-state index in [1.807, 2.05) is 35.0 Å². The minimum atomic E-state index is -1.02. The maximum Gasteiger partial charge on any atom is 0.354 e. The molecule has 0 unspecified atom stereocenters. The molecule has 1 aromatic carbocycles. The van der Waals surface area contributed by atoms with Gasteiger partial charge in [-0.1, -0.05) is 24.6 Å². The number of anilines is 1. The molecule has 3 aliphatic rings. The van der Waals surface area contributed by atoms with Crippen molar-refractivity contribution in [1.29, 1.82) is 0 Å². The second kappa shape index (κ2) is 8.98. The van der Waals surface area contributed by atoms with Crippen molar-refractivity contribution in [3.8, 4) is 5.69 Å². The summed E-state index contributed by atoms with van der Waals surface area (Å²) in [4.78, 5) is 21.3. The maximum absolute atomic E-state index is 12.0.